The van der Waals surface area contributed by atoms with Crippen LogP contribution in [-0.4, -0.2) is 35.1 Å². The molecule has 2 aromatic rings. The van der Waals surface area contributed by atoms with Gasteiger partial charge in [0.2, 0.25) is 5.91 Å². The van der Waals surface area contributed by atoms with Gasteiger partial charge in [-0.3, -0.25) is 4.79 Å². The Morgan fingerprint density at radius 1 is 1.52 bits per heavy atom. The number of benzene rings is 1. The molecular weight excluding hydrogens is 295 g/mol. The second-order valence-electron chi connectivity index (χ2n) is 6.22. The van der Waals surface area contributed by atoms with E-state index in [9.17, 15) is 9.18 Å². The minimum Gasteiger partial charge on any atom is -0.356 e. The van der Waals surface area contributed by atoms with E-state index >= 15 is 0 Å². The van der Waals surface area contributed by atoms with Crippen molar-refractivity contribution >= 4 is 16.9 Å². The molecule has 1 aromatic heterocycles. The summed E-state index contributed by atoms with van der Waals surface area (Å²) in [6, 6.07) is 4.61. The van der Waals surface area contributed by atoms with Crippen molar-refractivity contribution < 1.29 is 9.18 Å². The first-order chi connectivity index (χ1) is 11.1. The molecule has 2 N–H and O–H groups in total. The lowest BCUT2D eigenvalue weighted by atomic mass is 10.0. The quantitative estimate of drug-likeness (QED) is 0.853. The topological polar surface area (TPSA) is 59.0 Å². The molecule has 5 nitrogen and oxygen atoms in total. The van der Waals surface area contributed by atoms with E-state index in [1.54, 1.807) is 6.07 Å². The lowest BCUT2D eigenvalue weighted by Crippen LogP contribution is -2.26. The summed E-state index contributed by atoms with van der Waals surface area (Å²) in [5.74, 6) is 1.31. The van der Waals surface area contributed by atoms with Gasteiger partial charge in [-0.15, -0.1) is 0 Å². The van der Waals surface area contributed by atoms with Crippen LogP contribution in [0.4, 0.5) is 4.39 Å². The summed E-state index contributed by atoms with van der Waals surface area (Å²) in [6.45, 7) is 2.66. The van der Waals surface area contributed by atoms with Gasteiger partial charge >= 0.3 is 0 Å². The molecule has 0 bridgehead atoms. The van der Waals surface area contributed by atoms with Gasteiger partial charge in [0, 0.05) is 32.5 Å². The molecule has 0 saturated carbocycles. The van der Waals surface area contributed by atoms with E-state index in [1.165, 1.54) is 18.6 Å². The van der Waals surface area contributed by atoms with Crippen molar-refractivity contribution in [3.05, 3.63) is 29.8 Å². The van der Waals surface area contributed by atoms with Crippen LogP contribution in [0.3, 0.4) is 0 Å². The van der Waals surface area contributed by atoms with E-state index in [4.69, 9.17) is 0 Å². The zero-order valence-electron chi connectivity index (χ0n) is 13.4. The van der Waals surface area contributed by atoms with Crippen LogP contribution >= 0.6 is 0 Å². The number of halogens is 1. The normalized spacial score (nSPS) is 17.7. The highest BCUT2D eigenvalue weighted by atomic mass is 19.1. The molecule has 6 heteroatoms. The Bertz CT molecular complexity index is 691. The summed E-state index contributed by atoms with van der Waals surface area (Å²) in [5.41, 5.74) is 1.56. The van der Waals surface area contributed by atoms with Gasteiger partial charge in [-0.1, -0.05) is 0 Å². The summed E-state index contributed by atoms with van der Waals surface area (Å²) in [6.07, 6.45) is 3.34. The van der Waals surface area contributed by atoms with Gasteiger partial charge in [0.15, 0.2) is 0 Å². The first-order valence-corrected chi connectivity index (χ1v) is 8.22. The standard InChI is InChI=1S/C17H23FN4O/c1-22-15-4-3-13(18)10-14(15)21-16(22)7-9-20-17(23)5-2-12-6-8-19-11-12/h3-4,10,12,19H,2,5-9,11H2,1H3,(H,20,23). The van der Waals surface area contributed by atoms with Crippen LogP contribution in [0.1, 0.15) is 25.1 Å². The van der Waals surface area contributed by atoms with Crippen molar-refractivity contribution in [3.63, 3.8) is 0 Å². The van der Waals surface area contributed by atoms with Crippen LogP contribution in [0.15, 0.2) is 18.2 Å². The average Bonchev–Trinajstić information content (AvgIpc) is 3.14. The zero-order valence-corrected chi connectivity index (χ0v) is 13.4. The maximum Gasteiger partial charge on any atom is 0.220 e. The molecule has 1 aromatic carbocycles. The van der Waals surface area contributed by atoms with Crippen LogP contribution in [0.25, 0.3) is 11.0 Å². The molecule has 1 fully saturated rings. The molecule has 0 spiro atoms. The summed E-state index contributed by atoms with van der Waals surface area (Å²) >= 11 is 0. The number of hydrogen-bond donors (Lipinski definition) is 2. The van der Waals surface area contributed by atoms with Crippen LogP contribution in [0.5, 0.6) is 0 Å². The smallest absolute Gasteiger partial charge is 0.220 e. The number of nitrogens with zero attached hydrogens (tertiary/aromatic N) is 2. The van der Waals surface area contributed by atoms with Crippen molar-refractivity contribution in [3.8, 4) is 0 Å². The number of carbonyl (C=O) groups excluding carboxylic acids is 1. The first-order valence-electron chi connectivity index (χ1n) is 8.22. The molecule has 1 atom stereocenters. The molecule has 1 aliphatic heterocycles. The first kappa shape index (κ1) is 15.9. The second-order valence-corrected chi connectivity index (χ2v) is 6.22. The van der Waals surface area contributed by atoms with Crippen molar-refractivity contribution in [2.75, 3.05) is 19.6 Å². The van der Waals surface area contributed by atoms with Crippen molar-refractivity contribution in [1.29, 1.82) is 0 Å². The molecule has 0 radical (unpaired) electrons. The van der Waals surface area contributed by atoms with Gasteiger partial charge in [-0.25, -0.2) is 9.37 Å². The van der Waals surface area contributed by atoms with Crippen LogP contribution in [0, 0.1) is 11.7 Å². The maximum atomic E-state index is 13.2. The van der Waals surface area contributed by atoms with Gasteiger partial charge in [-0.05, 0) is 44.0 Å². The Morgan fingerprint density at radius 3 is 3.17 bits per heavy atom. The van der Waals surface area contributed by atoms with Gasteiger partial charge in [0.25, 0.3) is 0 Å². The summed E-state index contributed by atoms with van der Waals surface area (Å²) in [4.78, 5) is 16.3. The molecule has 0 aliphatic carbocycles. The fraction of sp³-hybridized carbons (Fsp3) is 0.529. The highest BCUT2D eigenvalue weighted by Gasteiger charge is 2.15. The number of imidazole rings is 1. The summed E-state index contributed by atoms with van der Waals surface area (Å²) in [7, 11) is 1.91. The highest BCUT2D eigenvalue weighted by Crippen LogP contribution is 2.16. The van der Waals surface area contributed by atoms with E-state index in [-0.39, 0.29) is 11.7 Å². The van der Waals surface area contributed by atoms with Crippen LogP contribution < -0.4 is 10.6 Å². The maximum absolute atomic E-state index is 13.2. The minimum atomic E-state index is -0.281. The van der Waals surface area contributed by atoms with Gasteiger partial charge in [-0.2, -0.15) is 0 Å². The third-order valence-corrected chi connectivity index (χ3v) is 4.55. The van der Waals surface area contributed by atoms with E-state index in [0.717, 1.165) is 30.9 Å². The van der Waals surface area contributed by atoms with E-state index < -0.39 is 0 Å². The predicted molar refractivity (Wildman–Crippen MR) is 87.6 cm³/mol. The van der Waals surface area contributed by atoms with Crippen LogP contribution in [0.2, 0.25) is 0 Å². The number of rotatable bonds is 6. The monoisotopic (exact) mass is 318 g/mol. The molecule has 1 unspecified atom stereocenters. The average molecular weight is 318 g/mol. The molecule has 124 valence electrons. The number of aromatic nitrogens is 2. The third-order valence-electron chi connectivity index (χ3n) is 4.55. The molecule has 1 aliphatic rings. The Kier molecular flexibility index (Phi) is 4.91. The minimum absolute atomic E-state index is 0.0988. The van der Waals surface area contributed by atoms with E-state index in [2.05, 4.69) is 15.6 Å². The van der Waals surface area contributed by atoms with E-state index in [0.29, 0.717) is 30.8 Å². The Labute approximate surface area is 135 Å². The number of amides is 1. The fourth-order valence-electron chi connectivity index (χ4n) is 3.14. The van der Waals surface area contributed by atoms with Crippen molar-refractivity contribution in [2.45, 2.75) is 25.7 Å². The number of fused-ring (bicyclic) bond motifs is 1. The Hall–Kier alpha value is -1.95. The molecule has 3 rings (SSSR count). The number of carbonyl (C=O) groups is 1. The number of aryl methyl sites for hydroxylation is 1. The van der Waals surface area contributed by atoms with Crippen molar-refractivity contribution in [1.82, 2.24) is 20.2 Å². The van der Waals surface area contributed by atoms with Crippen LogP contribution in [-0.2, 0) is 18.3 Å². The van der Waals surface area contributed by atoms with Crippen molar-refractivity contribution in [2.24, 2.45) is 13.0 Å². The second kappa shape index (κ2) is 7.08. The third kappa shape index (κ3) is 3.88. The van der Waals surface area contributed by atoms with E-state index in [1.807, 2.05) is 11.6 Å². The SMILES string of the molecule is Cn1c(CCNC(=O)CCC2CCNC2)nc2cc(F)ccc21. The Balaban J connectivity index is 1.48. The number of nitrogens with one attached hydrogen (secondary N) is 2. The summed E-state index contributed by atoms with van der Waals surface area (Å²) in [5, 5.41) is 6.27. The zero-order chi connectivity index (χ0) is 16.2. The Morgan fingerprint density at radius 2 is 2.39 bits per heavy atom. The largest absolute Gasteiger partial charge is 0.356 e. The van der Waals surface area contributed by atoms with Gasteiger partial charge < -0.3 is 15.2 Å². The summed E-state index contributed by atoms with van der Waals surface area (Å²) < 4.78 is 15.2. The van der Waals surface area contributed by atoms with Gasteiger partial charge in [0.1, 0.15) is 11.6 Å². The molecule has 2 heterocycles. The lowest BCUT2D eigenvalue weighted by molar-refractivity contribution is -0.121. The van der Waals surface area contributed by atoms with Gasteiger partial charge in [0.05, 0.1) is 11.0 Å². The molecular formula is C17H23FN4O. The fourth-order valence-corrected chi connectivity index (χ4v) is 3.14. The molecule has 1 saturated heterocycles. The lowest BCUT2D eigenvalue weighted by Gasteiger charge is -2.08. The predicted octanol–water partition coefficient (Wildman–Crippen LogP) is 1.76. The molecule has 1 amide bonds. The highest BCUT2D eigenvalue weighted by molar-refractivity contribution is 5.76. The molecule has 23 heavy (non-hydrogen) atoms. The number of hydrogen-bond acceptors (Lipinski definition) is 3.